The van der Waals surface area contributed by atoms with Gasteiger partial charge in [-0.1, -0.05) is 18.6 Å². The Morgan fingerprint density at radius 2 is 1.97 bits per heavy atom. The molecule has 2 saturated heterocycles. The van der Waals surface area contributed by atoms with Crippen molar-refractivity contribution in [3.63, 3.8) is 0 Å². The highest BCUT2D eigenvalue weighted by atomic mass is 16.7. The molecule has 2 aliphatic heterocycles. The number of fused-ring (bicyclic) bond motifs is 1. The van der Waals surface area contributed by atoms with Crippen molar-refractivity contribution in [3.05, 3.63) is 11.6 Å². The number of piperidine rings is 1. The van der Waals surface area contributed by atoms with Crippen LogP contribution in [0.2, 0.25) is 0 Å². The minimum atomic E-state index is -1.06. The molecule has 6 fully saturated rings. The lowest BCUT2D eigenvalue weighted by Crippen LogP contribution is -2.80. The predicted octanol–water partition coefficient (Wildman–Crippen LogP) is 1.68. The van der Waals surface area contributed by atoms with Crippen LogP contribution in [-0.2, 0) is 38.0 Å². The van der Waals surface area contributed by atoms with Gasteiger partial charge in [0.2, 0.25) is 5.91 Å². The summed E-state index contributed by atoms with van der Waals surface area (Å²) < 4.78 is 38.5. The summed E-state index contributed by atoms with van der Waals surface area (Å²) in [6.45, 7) is 6.13. The third kappa shape index (κ3) is 2.08. The van der Waals surface area contributed by atoms with Gasteiger partial charge >= 0.3 is 5.97 Å². The van der Waals surface area contributed by atoms with Gasteiger partial charge in [-0.15, -0.1) is 0 Å². The highest BCUT2D eigenvalue weighted by molar-refractivity contribution is 5.87. The fourth-order valence-electron chi connectivity index (χ4n) is 10.7. The highest BCUT2D eigenvalue weighted by Gasteiger charge is 2.94. The van der Waals surface area contributed by atoms with E-state index >= 15 is 0 Å². The Bertz CT molecular complexity index is 1060. The van der Waals surface area contributed by atoms with Gasteiger partial charge in [-0.2, -0.15) is 0 Å². The van der Waals surface area contributed by atoms with E-state index in [2.05, 4.69) is 13.0 Å². The number of carbonyl (C=O) groups is 2. The van der Waals surface area contributed by atoms with Crippen LogP contribution in [0.25, 0.3) is 0 Å². The molecule has 5 aliphatic carbocycles. The summed E-state index contributed by atoms with van der Waals surface area (Å²) in [5.41, 5.74) is -1.99. The summed E-state index contributed by atoms with van der Waals surface area (Å²) in [5.74, 6) is -0.596. The van der Waals surface area contributed by atoms with Crippen molar-refractivity contribution in [1.82, 2.24) is 4.90 Å². The second kappa shape index (κ2) is 7.11. The first-order valence-corrected chi connectivity index (χ1v) is 13.3. The molecule has 7 bridgehead atoms. The SMILES string of the molecule is CCN1C(=O)[C@]2(C)CC[C@H](OC)[C@@]34C5=C[C@H]6[C@H](OC)[C@@H]5[C@@]5(C[C@@H]6OC)OCO[C@]5([C@@H](OC(C)=O)[C@@H]32)[C@@H]14. The average Bonchev–Trinajstić information content (AvgIpc) is 3.44. The summed E-state index contributed by atoms with van der Waals surface area (Å²) in [6, 6.07) is -0.382. The monoisotopic (exact) mass is 503 g/mol. The van der Waals surface area contributed by atoms with E-state index in [9.17, 15) is 9.59 Å². The van der Waals surface area contributed by atoms with Gasteiger partial charge in [0.05, 0.1) is 29.8 Å². The summed E-state index contributed by atoms with van der Waals surface area (Å²) in [6.07, 6.45) is 3.21. The van der Waals surface area contributed by atoms with E-state index in [1.54, 1.807) is 21.3 Å². The number of amides is 1. The maximum Gasteiger partial charge on any atom is 0.303 e. The number of hydrogen-bond donors (Lipinski definition) is 0. The molecule has 36 heavy (non-hydrogen) atoms. The molecular formula is C27H37NO8. The highest BCUT2D eigenvalue weighted by Crippen LogP contribution is 2.81. The van der Waals surface area contributed by atoms with Crippen LogP contribution in [0.1, 0.15) is 40.0 Å². The van der Waals surface area contributed by atoms with Crippen LogP contribution in [0.3, 0.4) is 0 Å². The first kappa shape index (κ1) is 23.6. The quantitative estimate of drug-likeness (QED) is 0.413. The third-order valence-corrected chi connectivity index (χ3v) is 11.4. The molecule has 0 aromatic carbocycles. The molecule has 4 saturated carbocycles. The topological polar surface area (TPSA) is 92.8 Å². The van der Waals surface area contributed by atoms with Crippen molar-refractivity contribution in [2.24, 2.45) is 28.6 Å². The number of nitrogens with zero attached hydrogens (tertiary/aromatic N) is 1. The standard InChI is InChI=1S/C27H37NO8/c1-7-28-22-26-15-10-14-16(31-4)11-25(18(15)19(14)33-6)27(22,35-12-34-25)21(36-13(2)29)20(26)24(3,23(28)30)9-8-17(26)32-5/h10,14,16-22H,7-9,11-12H2,1-6H3/t14-,16+,17+,18-,19+,20-,21+,22+,24-,25-,26+,27-/m1/s1. The Kier molecular flexibility index (Phi) is 4.66. The van der Waals surface area contributed by atoms with E-state index in [0.29, 0.717) is 19.4 Å². The molecule has 7 aliphatic rings. The zero-order valence-corrected chi connectivity index (χ0v) is 21.9. The fourth-order valence-corrected chi connectivity index (χ4v) is 10.7. The van der Waals surface area contributed by atoms with Crippen LogP contribution in [0.5, 0.6) is 0 Å². The van der Waals surface area contributed by atoms with Crippen molar-refractivity contribution in [2.45, 2.75) is 81.7 Å². The maximum absolute atomic E-state index is 14.3. The zero-order chi connectivity index (χ0) is 25.4. The second-order valence-corrected chi connectivity index (χ2v) is 12.1. The van der Waals surface area contributed by atoms with Gasteiger partial charge in [0.25, 0.3) is 0 Å². The molecule has 0 unspecified atom stereocenters. The molecule has 0 N–H and O–H groups in total. The molecule has 0 aromatic rings. The van der Waals surface area contributed by atoms with E-state index in [1.165, 1.54) is 12.5 Å². The van der Waals surface area contributed by atoms with Crippen LogP contribution in [0.4, 0.5) is 0 Å². The number of ether oxygens (including phenoxy) is 6. The van der Waals surface area contributed by atoms with Gasteiger partial charge in [0.15, 0.2) is 5.60 Å². The summed E-state index contributed by atoms with van der Waals surface area (Å²) in [7, 11) is 5.25. The van der Waals surface area contributed by atoms with Gasteiger partial charge < -0.3 is 33.3 Å². The van der Waals surface area contributed by atoms with Crippen LogP contribution < -0.4 is 0 Å². The molecule has 9 nitrogen and oxygen atoms in total. The van der Waals surface area contributed by atoms with Crippen molar-refractivity contribution in [1.29, 1.82) is 0 Å². The number of likely N-dealkylation sites (tertiary alicyclic amines) is 1. The van der Waals surface area contributed by atoms with E-state index in [0.717, 1.165) is 6.42 Å². The number of esters is 1. The molecule has 2 heterocycles. The average molecular weight is 504 g/mol. The van der Waals surface area contributed by atoms with E-state index in [-0.39, 0.29) is 60.8 Å². The lowest BCUT2D eigenvalue weighted by Gasteiger charge is -2.67. The molecule has 198 valence electrons. The normalized spacial score (nSPS) is 55.4. The Morgan fingerprint density at radius 1 is 1.19 bits per heavy atom. The second-order valence-electron chi connectivity index (χ2n) is 12.1. The minimum Gasteiger partial charge on any atom is -0.459 e. The molecular weight excluding hydrogens is 466 g/mol. The van der Waals surface area contributed by atoms with Gasteiger partial charge in [-0.25, -0.2) is 0 Å². The smallest absolute Gasteiger partial charge is 0.303 e. The predicted molar refractivity (Wildman–Crippen MR) is 125 cm³/mol. The van der Waals surface area contributed by atoms with Crippen LogP contribution in [0, 0.1) is 28.6 Å². The number of likely N-dealkylation sites (N-methyl/N-ethyl adjacent to an activating group) is 1. The van der Waals surface area contributed by atoms with E-state index in [4.69, 9.17) is 28.4 Å². The first-order chi connectivity index (χ1) is 17.2. The lowest BCUT2D eigenvalue weighted by atomic mass is 9.44. The summed E-state index contributed by atoms with van der Waals surface area (Å²) >= 11 is 0. The Balaban J connectivity index is 1.62. The van der Waals surface area contributed by atoms with E-state index < -0.39 is 28.1 Å². The fraction of sp³-hybridized carbons (Fsp3) is 0.852. The summed E-state index contributed by atoms with van der Waals surface area (Å²) in [5, 5.41) is 0. The van der Waals surface area contributed by atoms with Gasteiger partial charge in [0, 0.05) is 64.4 Å². The van der Waals surface area contributed by atoms with Crippen molar-refractivity contribution in [2.75, 3.05) is 34.7 Å². The Morgan fingerprint density at radius 3 is 2.61 bits per heavy atom. The number of rotatable bonds is 5. The van der Waals surface area contributed by atoms with Crippen molar-refractivity contribution in [3.8, 4) is 0 Å². The molecule has 1 amide bonds. The lowest BCUT2D eigenvalue weighted by molar-refractivity contribution is -0.243. The Labute approximate surface area is 211 Å². The van der Waals surface area contributed by atoms with Crippen LogP contribution in [-0.4, -0.2) is 93.1 Å². The minimum absolute atomic E-state index is 0.0602. The van der Waals surface area contributed by atoms with Gasteiger partial charge in [0.1, 0.15) is 18.5 Å². The van der Waals surface area contributed by atoms with Crippen LogP contribution >= 0.6 is 0 Å². The largest absolute Gasteiger partial charge is 0.459 e. The van der Waals surface area contributed by atoms with Gasteiger partial charge in [-0.3, -0.25) is 9.59 Å². The molecule has 0 radical (unpaired) electrons. The molecule has 3 spiro atoms. The van der Waals surface area contributed by atoms with Crippen LogP contribution in [0.15, 0.2) is 11.6 Å². The molecule has 12 atom stereocenters. The zero-order valence-electron chi connectivity index (χ0n) is 21.9. The third-order valence-electron chi connectivity index (χ3n) is 11.4. The number of carbonyl (C=O) groups excluding carboxylic acids is 2. The van der Waals surface area contributed by atoms with Crippen molar-refractivity contribution < 1.29 is 38.0 Å². The first-order valence-electron chi connectivity index (χ1n) is 13.3. The number of hydrogen-bond acceptors (Lipinski definition) is 8. The maximum atomic E-state index is 14.3. The van der Waals surface area contributed by atoms with E-state index in [1.807, 2.05) is 11.8 Å². The molecule has 7 rings (SSSR count). The summed E-state index contributed by atoms with van der Waals surface area (Å²) in [4.78, 5) is 29.1. The molecule has 0 aromatic heterocycles. The van der Waals surface area contributed by atoms with Crippen molar-refractivity contribution >= 4 is 11.9 Å². The Hall–Kier alpha value is -1.52. The molecule has 9 heteroatoms. The van der Waals surface area contributed by atoms with Gasteiger partial charge in [-0.05, 0) is 19.8 Å². The number of methoxy groups -OCH3 is 3.